The first-order chi connectivity index (χ1) is 13.7. The van der Waals surface area contributed by atoms with Crippen LogP contribution in [0, 0.1) is 13.8 Å². The Hall–Kier alpha value is -3.00. The molecule has 0 N–H and O–H groups in total. The zero-order valence-electron chi connectivity index (χ0n) is 16.8. The molecule has 0 saturated heterocycles. The van der Waals surface area contributed by atoms with Crippen LogP contribution in [0.3, 0.4) is 0 Å². The normalized spacial score (nSPS) is 16.2. The number of aryl methyl sites for hydroxylation is 2. The molecule has 28 heavy (non-hydrogen) atoms. The summed E-state index contributed by atoms with van der Waals surface area (Å²) in [7, 11) is 0. The summed E-state index contributed by atoms with van der Waals surface area (Å²) in [4.78, 5) is 4.73. The second kappa shape index (κ2) is 8.35. The second-order valence-electron chi connectivity index (χ2n) is 7.66. The first-order valence-electron chi connectivity index (χ1n) is 10.0. The van der Waals surface area contributed by atoms with Gasteiger partial charge in [-0.1, -0.05) is 60.7 Å². The van der Waals surface area contributed by atoms with E-state index in [0.29, 0.717) is 0 Å². The number of hydrogen-bond donors (Lipinski definition) is 0. The van der Waals surface area contributed by atoms with Crippen molar-refractivity contribution in [1.29, 1.82) is 0 Å². The van der Waals surface area contributed by atoms with Crippen LogP contribution in [0.5, 0.6) is 0 Å². The van der Waals surface area contributed by atoms with E-state index < -0.39 is 0 Å². The lowest BCUT2D eigenvalue weighted by atomic mass is 10.0. The van der Waals surface area contributed by atoms with Crippen LogP contribution in [0.4, 0.5) is 0 Å². The largest absolute Gasteiger partial charge is 0.369 e. The van der Waals surface area contributed by atoms with Gasteiger partial charge < -0.3 is 9.80 Å². The van der Waals surface area contributed by atoms with Gasteiger partial charge >= 0.3 is 0 Å². The Kier molecular flexibility index (Phi) is 5.48. The Bertz CT molecular complexity index is 882. The predicted molar refractivity (Wildman–Crippen MR) is 118 cm³/mol. The molecule has 2 aromatic carbocycles. The molecule has 0 aliphatic carbocycles. The quantitative estimate of drug-likeness (QED) is 0.686. The molecular formula is C26H28N2. The zero-order chi connectivity index (χ0) is 19.3. The molecule has 0 bridgehead atoms. The van der Waals surface area contributed by atoms with Gasteiger partial charge in [0.15, 0.2) is 0 Å². The first kappa shape index (κ1) is 18.4. The molecule has 0 spiro atoms. The average molecular weight is 369 g/mol. The molecule has 0 saturated carbocycles. The number of hydrogen-bond acceptors (Lipinski definition) is 2. The molecule has 4 rings (SSSR count). The maximum atomic E-state index is 2.36. The van der Waals surface area contributed by atoms with Crippen molar-refractivity contribution >= 4 is 0 Å². The van der Waals surface area contributed by atoms with Gasteiger partial charge in [0.05, 0.1) is 0 Å². The fourth-order valence-corrected chi connectivity index (χ4v) is 3.74. The van der Waals surface area contributed by atoms with Crippen molar-refractivity contribution in [2.45, 2.75) is 26.9 Å². The Morgan fingerprint density at radius 3 is 1.43 bits per heavy atom. The molecule has 142 valence electrons. The van der Waals surface area contributed by atoms with E-state index in [2.05, 4.69) is 109 Å². The van der Waals surface area contributed by atoms with Gasteiger partial charge in [-0.05, 0) is 59.4 Å². The molecule has 0 atom stereocenters. The van der Waals surface area contributed by atoms with Crippen LogP contribution in [-0.4, -0.2) is 22.9 Å². The molecular weight excluding hydrogens is 340 g/mol. The standard InChI is InChI=1S/C26H28N2/c1-21-7-3-5-9-25(21)19-27-15-11-23(12-16-27)24-13-17-28(18-14-24)20-26-10-6-4-8-22(26)2/h3-15,17H,16,18-20H2,1-2H3. The molecule has 0 aromatic heterocycles. The van der Waals surface area contributed by atoms with Gasteiger partial charge in [-0.25, -0.2) is 0 Å². The van der Waals surface area contributed by atoms with E-state index in [1.165, 1.54) is 33.4 Å². The van der Waals surface area contributed by atoms with E-state index in [0.717, 1.165) is 26.2 Å². The van der Waals surface area contributed by atoms with Crippen molar-refractivity contribution in [3.63, 3.8) is 0 Å². The Balaban J connectivity index is 1.34. The highest BCUT2D eigenvalue weighted by Crippen LogP contribution is 2.23. The van der Waals surface area contributed by atoms with E-state index >= 15 is 0 Å². The summed E-state index contributed by atoms with van der Waals surface area (Å²) in [5.74, 6) is 0. The third-order valence-electron chi connectivity index (χ3n) is 5.62. The predicted octanol–water partition coefficient (Wildman–Crippen LogP) is 5.52. The van der Waals surface area contributed by atoms with Crippen LogP contribution in [-0.2, 0) is 13.1 Å². The fourth-order valence-electron chi connectivity index (χ4n) is 3.74. The highest BCUT2D eigenvalue weighted by Gasteiger charge is 2.12. The van der Waals surface area contributed by atoms with E-state index in [1.807, 2.05) is 0 Å². The highest BCUT2D eigenvalue weighted by molar-refractivity contribution is 5.49. The minimum atomic E-state index is 0.957. The van der Waals surface area contributed by atoms with E-state index in [4.69, 9.17) is 0 Å². The van der Waals surface area contributed by atoms with E-state index in [9.17, 15) is 0 Å². The van der Waals surface area contributed by atoms with Crippen LogP contribution in [0.15, 0.2) is 96.4 Å². The van der Waals surface area contributed by atoms with Crippen molar-refractivity contribution in [2.24, 2.45) is 0 Å². The topological polar surface area (TPSA) is 6.48 Å². The summed E-state index contributed by atoms with van der Waals surface area (Å²) >= 11 is 0. The van der Waals surface area contributed by atoms with Gasteiger partial charge in [0, 0.05) is 38.6 Å². The molecule has 2 heteroatoms. The number of benzene rings is 2. The molecule has 2 aromatic rings. The highest BCUT2D eigenvalue weighted by atomic mass is 15.1. The second-order valence-corrected chi connectivity index (χ2v) is 7.66. The Morgan fingerprint density at radius 2 is 1.07 bits per heavy atom. The number of allylic oxidation sites excluding steroid dienone is 4. The number of nitrogens with zero attached hydrogens (tertiary/aromatic N) is 2. The van der Waals surface area contributed by atoms with Gasteiger partial charge in [-0.15, -0.1) is 0 Å². The third-order valence-corrected chi connectivity index (χ3v) is 5.62. The SMILES string of the molecule is Cc1ccccc1CN1C=CC(C2=CCN(Cc3ccccc3C)C=C2)=CC1. The van der Waals surface area contributed by atoms with Crippen LogP contribution in [0.25, 0.3) is 0 Å². The van der Waals surface area contributed by atoms with E-state index in [-0.39, 0.29) is 0 Å². The van der Waals surface area contributed by atoms with Crippen molar-refractivity contribution < 1.29 is 0 Å². The maximum Gasteiger partial charge on any atom is 0.0430 e. The van der Waals surface area contributed by atoms with Gasteiger partial charge in [-0.2, -0.15) is 0 Å². The van der Waals surface area contributed by atoms with Gasteiger partial charge in [0.25, 0.3) is 0 Å². The van der Waals surface area contributed by atoms with Crippen LogP contribution >= 0.6 is 0 Å². The minimum absolute atomic E-state index is 0.957. The molecule has 2 heterocycles. The van der Waals surface area contributed by atoms with Crippen molar-refractivity contribution in [1.82, 2.24) is 9.80 Å². The third kappa shape index (κ3) is 4.28. The van der Waals surface area contributed by atoms with Crippen molar-refractivity contribution in [3.05, 3.63) is 119 Å². The molecule has 0 amide bonds. The lowest BCUT2D eigenvalue weighted by molar-refractivity contribution is 0.400. The average Bonchev–Trinajstić information content (AvgIpc) is 2.73. The maximum absolute atomic E-state index is 2.36. The van der Waals surface area contributed by atoms with Gasteiger partial charge in [-0.3, -0.25) is 0 Å². The summed E-state index contributed by atoms with van der Waals surface area (Å²) < 4.78 is 0. The van der Waals surface area contributed by atoms with Crippen LogP contribution in [0.1, 0.15) is 22.3 Å². The summed E-state index contributed by atoms with van der Waals surface area (Å²) in [6.45, 7) is 8.21. The van der Waals surface area contributed by atoms with E-state index in [1.54, 1.807) is 0 Å². The Labute approximate surface area is 168 Å². The number of rotatable bonds is 5. The Morgan fingerprint density at radius 1 is 0.643 bits per heavy atom. The lowest BCUT2D eigenvalue weighted by Gasteiger charge is -2.26. The molecule has 0 unspecified atom stereocenters. The lowest BCUT2D eigenvalue weighted by Crippen LogP contribution is -2.22. The minimum Gasteiger partial charge on any atom is -0.369 e. The molecule has 0 radical (unpaired) electrons. The van der Waals surface area contributed by atoms with Gasteiger partial charge in [0.1, 0.15) is 0 Å². The van der Waals surface area contributed by atoms with Crippen LogP contribution in [0.2, 0.25) is 0 Å². The van der Waals surface area contributed by atoms with Crippen molar-refractivity contribution in [2.75, 3.05) is 13.1 Å². The molecule has 0 fully saturated rings. The zero-order valence-corrected chi connectivity index (χ0v) is 16.8. The summed E-state index contributed by atoms with van der Waals surface area (Å²) in [6.07, 6.45) is 13.6. The van der Waals surface area contributed by atoms with Gasteiger partial charge in [0.2, 0.25) is 0 Å². The van der Waals surface area contributed by atoms with Crippen molar-refractivity contribution in [3.8, 4) is 0 Å². The monoisotopic (exact) mass is 368 g/mol. The molecule has 2 nitrogen and oxygen atoms in total. The molecule has 2 aliphatic heterocycles. The summed E-state index contributed by atoms with van der Waals surface area (Å²) in [5.41, 5.74) is 8.16. The summed E-state index contributed by atoms with van der Waals surface area (Å²) in [5, 5.41) is 0. The smallest absolute Gasteiger partial charge is 0.0430 e. The summed E-state index contributed by atoms with van der Waals surface area (Å²) in [6, 6.07) is 17.3. The fraction of sp³-hybridized carbons (Fsp3) is 0.231. The first-order valence-corrected chi connectivity index (χ1v) is 10.0. The van der Waals surface area contributed by atoms with Crippen LogP contribution < -0.4 is 0 Å². The molecule has 2 aliphatic rings.